The molecule has 0 heterocycles. The van der Waals surface area contributed by atoms with Crippen molar-refractivity contribution in [3.8, 4) is 5.75 Å². The molecule has 0 bridgehead atoms. The molecule has 1 unspecified atom stereocenters. The lowest BCUT2D eigenvalue weighted by Gasteiger charge is -2.18. The van der Waals surface area contributed by atoms with Crippen molar-refractivity contribution >= 4 is 41.4 Å². The zero-order valence-corrected chi connectivity index (χ0v) is 23.2. The maximum Gasteiger partial charge on any atom is 0.343 e. The first-order chi connectivity index (χ1) is 19.2. The van der Waals surface area contributed by atoms with Gasteiger partial charge in [0.05, 0.1) is 22.5 Å². The highest BCUT2D eigenvalue weighted by atomic mass is 32.2. The second-order valence-electron chi connectivity index (χ2n) is 9.65. The number of esters is 1. The van der Waals surface area contributed by atoms with E-state index in [0.717, 1.165) is 48.0 Å². The van der Waals surface area contributed by atoms with Crippen LogP contribution in [0, 0.1) is 0 Å². The first-order valence-corrected chi connectivity index (χ1v) is 13.6. The van der Waals surface area contributed by atoms with E-state index >= 15 is 0 Å². The Labute approximate surface area is 237 Å². The van der Waals surface area contributed by atoms with Crippen LogP contribution in [0.3, 0.4) is 0 Å². The van der Waals surface area contributed by atoms with Crippen LogP contribution >= 0.6 is 12.0 Å². The lowest BCUT2D eigenvalue weighted by atomic mass is 9.88. The predicted octanol–water partition coefficient (Wildman–Crippen LogP) is 7.79. The van der Waals surface area contributed by atoms with Crippen molar-refractivity contribution in [2.45, 2.75) is 43.9 Å². The fourth-order valence-electron chi connectivity index (χ4n) is 4.28. The highest BCUT2D eigenvalue weighted by Crippen LogP contribution is 2.33. The Morgan fingerprint density at radius 1 is 0.975 bits per heavy atom. The van der Waals surface area contributed by atoms with Crippen LogP contribution in [-0.2, 0) is 8.98 Å². The van der Waals surface area contributed by atoms with Crippen LogP contribution in [0.15, 0.2) is 101 Å². The molecule has 0 aliphatic heterocycles. The van der Waals surface area contributed by atoms with E-state index in [4.69, 9.17) is 20.4 Å². The van der Waals surface area contributed by atoms with Gasteiger partial charge in [-0.3, -0.25) is 0 Å². The van der Waals surface area contributed by atoms with Crippen molar-refractivity contribution in [3.63, 3.8) is 0 Å². The Kier molecular flexibility index (Phi) is 9.45. The summed E-state index contributed by atoms with van der Waals surface area (Å²) in [7, 11) is 0. The van der Waals surface area contributed by atoms with E-state index < -0.39 is 11.9 Å². The molecule has 6 nitrogen and oxygen atoms in total. The Morgan fingerprint density at radius 2 is 1.65 bits per heavy atom. The molecule has 3 aromatic carbocycles. The third kappa shape index (κ3) is 7.86. The molecule has 1 aliphatic carbocycles. The average molecular weight is 559 g/mol. The summed E-state index contributed by atoms with van der Waals surface area (Å²) in [6.07, 6.45) is 7.27. The van der Waals surface area contributed by atoms with Crippen LogP contribution in [0.4, 0.5) is 15.8 Å². The van der Waals surface area contributed by atoms with Gasteiger partial charge in [0.1, 0.15) is 11.6 Å². The normalized spacial score (nSPS) is 15.8. The number of hydrogen-bond acceptors (Lipinski definition) is 7. The van der Waals surface area contributed by atoms with Crippen molar-refractivity contribution in [3.05, 3.63) is 113 Å². The molecule has 0 spiro atoms. The van der Waals surface area contributed by atoms with Crippen LogP contribution in [0.5, 0.6) is 5.75 Å². The van der Waals surface area contributed by atoms with Crippen LogP contribution in [0.1, 0.15) is 60.5 Å². The van der Waals surface area contributed by atoms with Gasteiger partial charge in [0.2, 0.25) is 0 Å². The van der Waals surface area contributed by atoms with E-state index in [1.165, 1.54) is 6.08 Å². The molecule has 3 aromatic rings. The molecule has 206 valence electrons. The molecule has 4 rings (SSSR count). The summed E-state index contributed by atoms with van der Waals surface area (Å²) in [5, 5.41) is 0. The van der Waals surface area contributed by atoms with E-state index in [2.05, 4.69) is 0 Å². The Bertz CT molecular complexity index is 1460. The van der Waals surface area contributed by atoms with E-state index in [-0.39, 0.29) is 11.7 Å². The second kappa shape index (κ2) is 13.2. The van der Waals surface area contributed by atoms with E-state index in [0.29, 0.717) is 33.1 Å². The van der Waals surface area contributed by atoms with Gasteiger partial charge >= 0.3 is 11.9 Å². The highest BCUT2D eigenvalue weighted by molar-refractivity contribution is 7.95. The minimum atomic E-state index is -0.558. The molecular formula is C32H31FN2O4S. The largest absolute Gasteiger partial charge is 0.423 e. The summed E-state index contributed by atoms with van der Waals surface area (Å²) in [6.45, 7) is 3.80. The van der Waals surface area contributed by atoms with Crippen molar-refractivity contribution in [2.75, 3.05) is 11.5 Å². The number of anilines is 2. The first kappa shape index (κ1) is 28.7. The molecule has 0 amide bonds. The topological polar surface area (TPSA) is 105 Å². The number of ether oxygens (including phenoxy) is 1. The van der Waals surface area contributed by atoms with Crippen molar-refractivity contribution < 1.29 is 22.9 Å². The average Bonchev–Trinajstić information content (AvgIpc) is 2.93. The summed E-state index contributed by atoms with van der Waals surface area (Å²) < 4.78 is 25.2. The molecule has 8 heteroatoms. The maximum atomic E-state index is 14.6. The van der Waals surface area contributed by atoms with Gasteiger partial charge in [-0.15, -0.1) is 0 Å². The van der Waals surface area contributed by atoms with Crippen molar-refractivity contribution in [1.82, 2.24) is 0 Å². The monoisotopic (exact) mass is 558 g/mol. The molecule has 1 atom stereocenters. The number of hydrogen-bond donors (Lipinski definition) is 2. The van der Waals surface area contributed by atoms with Gasteiger partial charge in [-0.05, 0) is 104 Å². The van der Waals surface area contributed by atoms with Gasteiger partial charge in [0, 0.05) is 23.4 Å². The smallest absolute Gasteiger partial charge is 0.343 e. The van der Waals surface area contributed by atoms with Crippen molar-refractivity contribution in [1.29, 1.82) is 0 Å². The first-order valence-electron chi connectivity index (χ1n) is 12.9. The number of benzene rings is 3. The van der Waals surface area contributed by atoms with Crippen LogP contribution in [0.25, 0.3) is 6.08 Å². The summed E-state index contributed by atoms with van der Waals surface area (Å²) in [6, 6.07) is 18.7. The molecule has 0 saturated carbocycles. The number of carbonyl (C=O) groups is 2. The lowest BCUT2D eigenvalue weighted by Crippen LogP contribution is -2.08. The second-order valence-corrected chi connectivity index (χ2v) is 10.5. The van der Waals surface area contributed by atoms with Crippen LogP contribution in [0.2, 0.25) is 0 Å². The third-order valence-electron chi connectivity index (χ3n) is 6.66. The quantitative estimate of drug-likeness (QED) is 0.100. The number of allylic oxidation sites excluding steroid dienone is 4. The Hall–Kier alpha value is -4.30. The number of carbonyl (C=O) groups excluding carboxylic acids is 2. The molecule has 1 aliphatic rings. The molecular weight excluding hydrogens is 527 g/mol. The summed E-state index contributed by atoms with van der Waals surface area (Å²) in [4.78, 5) is 25.3. The zero-order chi connectivity index (χ0) is 28.6. The van der Waals surface area contributed by atoms with Gasteiger partial charge < -0.3 is 20.4 Å². The number of halogens is 1. The van der Waals surface area contributed by atoms with E-state index in [1.807, 2.05) is 26.0 Å². The van der Waals surface area contributed by atoms with Gasteiger partial charge in [-0.2, -0.15) is 0 Å². The fraction of sp³-hybridized carbons (Fsp3) is 0.188. The fourth-order valence-corrected chi connectivity index (χ4v) is 4.88. The van der Waals surface area contributed by atoms with Gasteiger partial charge in [0.25, 0.3) is 0 Å². The molecule has 40 heavy (non-hydrogen) atoms. The van der Waals surface area contributed by atoms with Crippen molar-refractivity contribution in [2.24, 2.45) is 0 Å². The summed E-state index contributed by atoms with van der Waals surface area (Å²) >= 11 is 0.867. The molecule has 0 aromatic heterocycles. The van der Waals surface area contributed by atoms with Gasteiger partial charge in [0.15, 0.2) is 0 Å². The molecule has 0 saturated heterocycles. The SMILES string of the molecule is CC1=C(C)C(F)=CC(c2ccc(OC(=O)c3ccc(/C=C/C(=O)OSc4cc(N)cc(N)c4)cc3)cc2)CCC1. The molecule has 4 N–H and O–H groups in total. The summed E-state index contributed by atoms with van der Waals surface area (Å²) in [5.74, 6) is -0.858. The Balaban J connectivity index is 1.31. The zero-order valence-electron chi connectivity index (χ0n) is 22.4. The van der Waals surface area contributed by atoms with Gasteiger partial charge in [-0.25, -0.2) is 14.0 Å². The van der Waals surface area contributed by atoms with Crippen LogP contribution in [-0.4, -0.2) is 11.9 Å². The highest BCUT2D eigenvalue weighted by Gasteiger charge is 2.16. The van der Waals surface area contributed by atoms with Crippen LogP contribution < -0.4 is 16.2 Å². The molecule has 0 radical (unpaired) electrons. The predicted molar refractivity (Wildman–Crippen MR) is 158 cm³/mol. The minimum Gasteiger partial charge on any atom is -0.423 e. The minimum absolute atomic E-state index is 0.0276. The standard InChI is InChI=1S/C32H31FN2O4S/c1-20-4-3-5-25(16-30(33)21(20)2)23-11-13-28(14-12-23)38-32(37)24-9-6-22(7-10-24)8-15-31(36)39-40-29-18-26(34)17-27(35)19-29/h6-19,25H,3-5,34-35H2,1-2H3/b15-8+,21-20?,30-16?. The number of rotatable bonds is 7. The maximum absolute atomic E-state index is 14.6. The van der Waals surface area contributed by atoms with Gasteiger partial charge in [-0.1, -0.05) is 29.8 Å². The molecule has 0 fully saturated rings. The van der Waals surface area contributed by atoms with E-state index in [9.17, 15) is 14.0 Å². The lowest BCUT2D eigenvalue weighted by molar-refractivity contribution is -0.127. The third-order valence-corrected chi connectivity index (χ3v) is 7.34. The number of nitrogen functional groups attached to an aromatic ring is 2. The van der Waals surface area contributed by atoms with E-state index in [1.54, 1.807) is 66.7 Å². The summed E-state index contributed by atoms with van der Waals surface area (Å²) in [5.41, 5.74) is 16.3. The Morgan fingerprint density at radius 3 is 2.33 bits per heavy atom. The number of nitrogens with two attached hydrogens (primary N) is 2.